The van der Waals surface area contributed by atoms with Crippen molar-refractivity contribution >= 4 is 33.4 Å². The number of nitrogens with one attached hydrogen (secondary N) is 2. The highest BCUT2D eigenvalue weighted by Gasteiger charge is 2.28. The fraction of sp³-hybridized carbons (Fsp3) is 0.529. The van der Waals surface area contributed by atoms with Crippen molar-refractivity contribution in [1.82, 2.24) is 4.31 Å². The van der Waals surface area contributed by atoms with E-state index in [2.05, 4.69) is 10.6 Å². The number of rotatable bonds is 7. The van der Waals surface area contributed by atoms with Gasteiger partial charge in [-0.3, -0.25) is 10.1 Å². The molecule has 9 nitrogen and oxygen atoms in total. The highest BCUT2D eigenvalue weighted by Crippen LogP contribution is 2.22. The summed E-state index contributed by atoms with van der Waals surface area (Å²) in [5, 5.41) is 5.39. The SMILES string of the molecule is COCCOC(=O)Nc1cccc(NC(=O)C2CCN(S(C)(=O)=O)CC2)c1. The fourth-order valence-electron chi connectivity index (χ4n) is 2.74. The van der Waals surface area contributed by atoms with Crippen molar-refractivity contribution in [1.29, 1.82) is 0 Å². The Morgan fingerprint density at radius 2 is 1.78 bits per heavy atom. The third kappa shape index (κ3) is 6.81. The van der Waals surface area contributed by atoms with E-state index in [1.807, 2.05) is 0 Å². The number of sulfonamides is 1. The van der Waals surface area contributed by atoms with Crippen LogP contribution < -0.4 is 10.6 Å². The van der Waals surface area contributed by atoms with E-state index in [0.29, 0.717) is 43.9 Å². The standard InChI is InChI=1S/C17H25N3O6S/c1-25-10-11-26-17(22)19-15-5-3-4-14(12-15)18-16(21)13-6-8-20(9-7-13)27(2,23)24/h3-5,12-13H,6-11H2,1-2H3,(H,18,21)(H,19,22). The number of benzene rings is 1. The number of methoxy groups -OCH3 is 1. The molecule has 1 fully saturated rings. The summed E-state index contributed by atoms with van der Waals surface area (Å²) < 4.78 is 34.2. The molecule has 10 heteroatoms. The van der Waals surface area contributed by atoms with Crippen molar-refractivity contribution in [3.63, 3.8) is 0 Å². The summed E-state index contributed by atoms with van der Waals surface area (Å²) in [6, 6.07) is 6.72. The zero-order chi connectivity index (χ0) is 19.9. The molecule has 150 valence electrons. The smallest absolute Gasteiger partial charge is 0.411 e. The topological polar surface area (TPSA) is 114 Å². The third-order valence-electron chi connectivity index (χ3n) is 4.19. The molecule has 27 heavy (non-hydrogen) atoms. The van der Waals surface area contributed by atoms with E-state index in [0.717, 1.165) is 0 Å². The highest BCUT2D eigenvalue weighted by atomic mass is 32.2. The van der Waals surface area contributed by atoms with Crippen LogP contribution >= 0.6 is 0 Å². The Balaban J connectivity index is 1.87. The predicted octanol–water partition coefficient (Wildman–Crippen LogP) is 1.49. The minimum Gasteiger partial charge on any atom is -0.447 e. The van der Waals surface area contributed by atoms with Gasteiger partial charge in [0.1, 0.15) is 6.61 Å². The minimum atomic E-state index is -3.22. The molecular formula is C17H25N3O6S. The number of carbonyl (C=O) groups excluding carboxylic acids is 2. The Bertz CT molecular complexity index is 760. The van der Waals surface area contributed by atoms with Crippen LogP contribution in [0.4, 0.5) is 16.2 Å². The second kappa shape index (κ2) is 9.67. The maximum atomic E-state index is 12.4. The summed E-state index contributed by atoms with van der Waals surface area (Å²) in [6.07, 6.45) is 1.51. The number of amides is 2. The first-order valence-electron chi connectivity index (χ1n) is 8.58. The number of nitrogens with zero attached hydrogens (tertiary/aromatic N) is 1. The van der Waals surface area contributed by atoms with Crippen LogP contribution in [0.15, 0.2) is 24.3 Å². The molecule has 0 spiro atoms. The molecule has 1 aliphatic heterocycles. The molecule has 0 aliphatic carbocycles. The summed E-state index contributed by atoms with van der Waals surface area (Å²) in [5.74, 6) is -0.415. The number of hydrogen-bond donors (Lipinski definition) is 2. The number of hydrogen-bond acceptors (Lipinski definition) is 6. The van der Waals surface area contributed by atoms with Gasteiger partial charge in [-0.05, 0) is 31.0 Å². The minimum absolute atomic E-state index is 0.144. The lowest BCUT2D eigenvalue weighted by Gasteiger charge is -2.29. The molecule has 1 aliphatic rings. The van der Waals surface area contributed by atoms with E-state index < -0.39 is 16.1 Å². The predicted molar refractivity (Wildman–Crippen MR) is 101 cm³/mol. The molecule has 2 amide bonds. The Kier molecular flexibility index (Phi) is 7.57. The Morgan fingerprint density at radius 1 is 1.15 bits per heavy atom. The van der Waals surface area contributed by atoms with Crippen molar-refractivity contribution in [2.75, 3.05) is 50.3 Å². The van der Waals surface area contributed by atoms with Crippen molar-refractivity contribution in [2.24, 2.45) is 5.92 Å². The molecule has 1 aromatic carbocycles. The average molecular weight is 399 g/mol. The van der Waals surface area contributed by atoms with Gasteiger partial charge in [0, 0.05) is 37.5 Å². The molecule has 0 unspecified atom stereocenters. The molecule has 0 bridgehead atoms. The summed E-state index contributed by atoms with van der Waals surface area (Å²) in [5.41, 5.74) is 1.03. The highest BCUT2D eigenvalue weighted by molar-refractivity contribution is 7.88. The largest absolute Gasteiger partial charge is 0.447 e. The first kappa shape index (κ1) is 21.1. The van der Waals surface area contributed by atoms with Crippen LogP contribution in [0, 0.1) is 5.92 Å². The van der Waals surface area contributed by atoms with E-state index in [-0.39, 0.29) is 18.4 Å². The zero-order valence-electron chi connectivity index (χ0n) is 15.4. The lowest BCUT2D eigenvalue weighted by Crippen LogP contribution is -2.40. The normalized spacial score (nSPS) is 15.9. The summed E-state index contributed by atoms with van der Waals surface area (Å²) >= 11 is 0. The van der Waals surface area contributed by atoms with Crippen LogP contribution in [0.1, 0.15) is 12.8 Å². The third-order valence-corrected chi connectivity index (χ3v) is 5.49. The lowest BCUT2D eigenvalue weighted by atomic mass is 9.97. The van der Waals surface area contributed by atoms with E-state index >= 15 is 0 Å². The summed E-state index contributed by atoms with van der Waals surface area (Å²) in [6.45, 7) is 1.13. The quantitative estimate of drug-likeness (QED) is 0.672. The zero-order valence-corrected chi connectivity index (χ0v) is 16.3. The van der Waals surface area contributed by atoms with Crippen molar-refractivity contribution in [3.8, 4) is 0 Å². The van der Waals surface area contributed by atoms with Gasteiger partial charge in [-0.2, -0.15) is 0 Å². The molecule has 0 atom stereocenters. The molecule has 2 N–H and O–H groups in total. The van der Waals surface area contributed by atoms with Gasteiger partial charge in [-0.25, -0.2) is 17.5 Å². The number of ether oxygens (including phenoxy) is 2. The molecular weight excluding hydrogens is 374 g/mol. The monoisotopic (exact) mass is 399 g/mol. The second-order valence-electron chi connectivity index (χ2n) is 6.26. The first-order valence-corrected chi connectivity index (χ1v) is 10.4. The van der Waals surface area contributed by atoms with Crippen LogP contribution in [0.25, 0.3) is 0 Å². The van der Waals surface area contributed by atoms with Gasteiger partial charge >= 0.3 is 6.09 Å². The number of carbonyl (C=O) groups is 2. The van der Waals surface area contributed by atoms with Gasteiger partial charge in [0.05, 0.1) is 12.9 Å². The molecule has 0 saturated carbocycles. The van der Waals surface area contributed by atoms with Crippen LogP contribution in [-0.4, -0.2) is 64.4 Å². The Hall–Kier alpha value is -2.17. The van der Waals surface area contributed by atoms with Crippen LogP contribution in [0.2, 0.25) is 0 Å². The molecule has 0 aromatic heterocycles. The Labute approximate surface area is 159 Å². The van der Waals surface area contributed by atoms with Crippen LogP contribution in [0.5, 0.6) is 0 Å². The second-order valence-corrected chi connectivity index (χ2v) is 8.24. The molecule has 0 radical (unpaired) electrons. The fourth-order valence-corrected chi connectivity index (χ4v) is 3.61. The molecule has 1 saturated heterocycles. The van der Waals surface area contributed by atoms with Crippen molar-refractivity contribution in [3.05, 3.63) is 24.3 Å². The van der Waals surface area contributed by atoms with Gasteiger partial charge in [0.15, 0.2) is 0 Å². The molecule has 1 aromatic rings. The van der Waals surface area contributed by atoms with Crippen LogP contribution in [0.3, 0.4) is 0 Å². The molecule has 1 heterocycles. The average Bonchev–Trinajstić information content (AvgIpc) is 2.61. The maximum Gasteiger partial charge on any atom is 0.411 e. The van der Waals surface area contributed by atoms with E-state index in [1.165, 1.54) is 17.7 Å². The van der Waals surface area contributed by atoms with Crippen LogP contribution in [-0.2, 0) is 24.3 Å². The van der Waals surface area contributed by atoms with E-state index in [9.17, 15) is 18.0 Å². The molecule has 2 rings (SSSR count). The number of piperidine rings is 1. The van der Waals surface area contributed by atoms with Gasteiger partial charge in [-0.1, -0.05) is 6.07 Å². The van der Waals surface area contributed by atoms with Crippen molar-refractivity contribution < 1.29 is 27.5 Å². The van der Waals surface area contributed by atoms with Gasteiger partial charge in [-0.15, -0.1) is 0 Å². The van der Waals surface area contributed by atoms with Crippen molar-refractivity contribution in [2.45, 2.75) is 12.8 Å². The first-order chi connectivity index (χ1) is 12.8. The number of anilines is 2. The van der Waals surface area contributed by atoms with Gasteiger partial charge < -0.3 is 14.8 Å². The van der Waals surface area contributed by atoms with E-state index in [4.69, 9.17) is 9.47 Å². The van der Waals surface area contributed by atoms with E-state index in [1.54, 1.807) is 24.3 Å². The lowest BCUT2D eigenvalue weighted by molar-refractivity contribution is -0.120. The maximum absolute atomic E-state index is 12.4. The summed E-state index contributed by atoms with van der Waals surface area (Å²) in [7, 11) is -1.71. The Morgan fingerprint density at radius 3 is 2.37 bits per heavy atom. The van der Waals surface area contributed by atoms with Gasteiger partial charge in [0.25, 0.3) is 0 Å². The summed E-state index contributed by atoms with van der Waals surface area (Å²) in [4.78, 5) is 24.1. The van der Waals surface area contributed by atoms with Gasteiger partial charge in [0.2, 0.25) is 15.9 Å².